The fourth-order valence-electron chi connectivity index (χ4n) is 5.26. The van der Waals surface area contributed by atoms with Crippen molar-refractivity contribution in [1.82, 2.24) is 9.97 Å². The summed E-state index contributed by atoms with van der Waals surface area (Å²) in [5, 5.41) is 13.9. The van der Waals surface area contributed by atoms with Crippen molar-refractivity contribution in [3.8, 4) is 17.0 Å². The van der Waals surface area contributed by atoms with E-state index in [1.807, 2.05) is 6.07 Å². The van der Waals surface area contributed by atoms with E-state index in [4.69, 9.17) is 16.2 Å². The average molecular weight is 582 g/mol. The Morgan fingerprint density at radius 3 is 2.46 bits per heavy atom. The quantitative estimate of drug-likeness (QED) is 0.324. The van der Waals surface area contributed by atoms with Crippen molar-refractivity contribution in [2.75, 3.05) is 17.7 Å². The number of carbonyl (C=O) groups excluding carboxylic acids is 1. The molecule has 10 nitrogen and oxygen atoms in total. The number of aliphatic hydroxyl groups is 1. The monoisotopic (exact) mass is 581 g/mol. The largest absolute Gasteiger partial charge is 0.491 e. The van der Waals surface area contributed by atoms with Crippen LogP contribution < -0.4 is 21.5 Å². The summed E-state index contributed by atoms with van der Waals surface area (Å²) in [5.41, 5.74) is 12.9. The van der Waals surface area contributed by atoms with E-state index in [9.17, 15) is 18.3 Å². The lowest BCUT2D eigenvalue weighted by molar-refractivity contribution is 0.0308. The zero-order valence-electron chi connectivity index (χ0n) is 23.8. The molecular formula is C30H39N5O5S. The predicted molar refractivity (Wildman–Crippen MR) is 159 cm³/mol. The molecule has 3 aromatic rings. The van der Waals surface area contributed by atoms with E-state index in [-0.39, 0.29) is 29.4 Å². The van der Waals surface area contributed by atoms with Crippen LogP contribution in [-0.2, 0) is 16.4 Å². The summed E-state index contributed by atoms with van der Waals surface area (Å²) >= 11 is 0. The third-order valence-corrected chi connectivity index (χ3v) is 9.92. The molecule has 0 aliphatic carbocycles. The summed E-state index contributed by atoms with van der Waals surface area (Å²) in [6.45, 7) is 5.63. The van der Waals surface area contributed by atoms with E-state index in [0.717, 1.165) is 31.2 Å². The van der Waals surface area contributed by atoms with Crippen molar-refractivity contribution in [3.05, 3.63) is 59.9 Å². The van der Waals surface area contributed by atoms with E-state index >= 15 is 0 Å². The molecular weight excluding hydrogens is 542 g/mol. The van der Waals surface area contributed by atoms with E-state index in [1.165, 1.54) is 18.3 Å². The Bertz CT molecular complexity index is 1500. The van der Waals surface area contributed by atoms with Crippen LogP contribution in [0.1, 0.15) is 75.3 Å². The van der Waals surface area contributed by atoms with Gasteiger partial charge < -0.3 is 26.6 Å². The average Bonchev–Trinajstić information content (AvgIpc) is 2.92. The minimum absolute atomic E-state index is 0.0499. The molecule has 1 aromatic heterocycles. The van der Waals surface area contributed by atoms with Gasteiger partial charge in [-0.25, -0.2) is 18.4 Å². The maximum atomic E-state index is 13.6. The molecule has 0 unspecified atom stereocenters. The molecule has 0 radical (unpaired) electrons. The number of hydrogen-bond acceptors (Lipinski definition) is 9. The van der Waals surface area contributed by atoms with Gasteiger partial charge in [-0.05, 0) is 58.2 Å². The summed E-state index contributed by atoms with van der Waals surface area (Å²) in [5.74, 6) is -0.118. The number of rotatable bonds is 1. The molecule has 2 aromatic carbocycles. The number of benzene rings is 2. The Labute approximate surface area is 241 Å². The number of carbonyl (C=O) groups is 1. The number of hydrogen-bond donors (Lipinski definition) is 4. The van der Waals surface area contributed by atoms with Gasteiger partial charge in [-0.3, -0.25) is 4.79 Å². The predicted octanol–water partition coefficient (Wildman–Crippen LogP) is 4.47. The van der Waals surface area contributed by atoms with Gasteiger partial charge in [0, 0.05) is 17.7 Å². The molecule has 0 saturated heterocycles. The minimum atomic E-state index is -3.78. The van der Waals surface area contributed by atoms with Crippen LogP contribution in [0.25, 0.3) is 11.3 Å². The van der Waals surface area contributed by atoms with Crippen LogP contribution in [0, 0.1) is 0 Å². The zero-order chi connectivity index (χ0) is 29.8. The smallest absolute Gasteiger partial charge is 0.278 e. The van der Waals surface area contributed by atoms with E-state index in [0.29, 0.717) is 35.7 Å². The first-order valence-corrected chi connectivity index (χ1v) is 15.3. The number of nitrogens with two attached hydrogens (primary N) is 2. The number of aromatic nitrogens is 2. The second-order valence-corrected chi connectivity index (χ2v) is 14.0. The fraction of sp³-hybridized carbons (Fsp3) is 0.433. The Morgan fingerprint density at radius 1 is 1.05 bits per heavy atom. The van der Waals surface area contributed by atoms with E-state index in [1.54, 1.807) is 45.0 Å². The summed E-state index contributed by atoms with van der Waals surface area (Å²) in [4.78, 5) is 22.0. The lowest BCUT2D eigenvalue weighted by Crippen LogP contribution is -2.41. The van der Waals surface area contributed by atoms with Crippen LogP contribution in [-0.4, -0.2) is 46.4 Å². The van der Waals surface area contributed by atoms with Crippen LogP contribution in [0.15, 0.2) is 53.6 Å². The third-order valence-electron chi connectivity index (χ3n) is 7.43. The molecule has 41 heavy (non-hydrogen) atoms. The van der Waals surface area contributed by atoms with Crippen molar-refractivity contribution in [2.24, 2.45) is 5.73 Å². The molecule has 3 heterocycles. The Hall–Kier alpha value is -3.54. The first kappa shape index (κ1) is 30.4. The molecule has 2 aliphatic heterocycles. The molecule has 2 aliphatic rings. The Kier molecular flexibility index (Phi) is 9.00. The summed E-state index contributed by atoms with van der Waals surface area (Å²) in [6, 6.07) is 11.6. The number of nitrogens with one attached hydrogen (secondary N) is 1. The van der Waals surface area contributed by atoms with Gasteiger partial charge in [0.25, 0.3) is 5.91 Å². The van der Waals surface area contributed by atoms with Crippen molar-refractivity contribution < 1.29 is 23.1 Å². The lowest BCUT2D eigenvalue weighted by atomic mass is 9.88. The highest BCUT2D eigenvalue weighted by Crippen LogP contribution is 2.36. The second kappa shape index (κ2) is 12.1. The number of ether oxygens (including phenoxy) is 1. The highest BCUT2D eigenvalue weighted by Gasteiger charge is 2.41. The van der Waals surface area contributed by atoms with Gasteiger partial charge in [-0.15, -0.1) is 0 Å². The topological polar surface area (TPSA) is 171 Å². The van der Waals surface area contributed by atoms with Crippen molar-refractivity contribution in [2.45, 2.75) is 81.1 Å². The first-order valence-electron chi connectivity index (χ1n) is 13.8. The van der Waals surface area contributed by atoms with Crippen LogP contribution >= 0.6 is 0 Å². The summed E-state index contributed by atoms with van der Waals surface area (Å²) < 4.78 is 32.0. The van der Waals surface area contributed by atoms with Gasteiger partial charge in [0.05, 0.1) is 39.4 Å². The minimum Gasteiger partial charge on any atom is -0.491 e. The molecule has 6 N–H and O–H groups in total. The van der Waals surface area contributed by atoms with Crippen LogP contribution in [0.3, 0.4) is 0 Å². The maximum Gasteiger partial charge on any atom is 0.278 e. The molecule has 11 heteroatoms. The summed E-state index contributed by atoms with van der Waals surface area (Å²) in [7, 11) is -3.78. The number of nitrogens with zero attached hydrogens (tertiary/aromatic N) is 2. The third kappa shape index (κ3) is 6.86. The van der Waals surface area contributed by atoms with E-state index in [2.05, 4.69) is 15.3 Å². The molecule has 5 rings (SSSR count). The molecule has 4 bridgehead atoms. The Morgan fingerprint density at radius 2 is 1.76 bits per heavy atom. The fourth-order valence-corrected chi connectivity index (χ4v) is 6.89. The van der Waals surface area contributed by atoms with Gasteiger partial charge in [-0.2, -0.15) is 0 Å². The van der Waals surface area contributed by atoms with Gasteiger partial charge >= 0.3 is 0 Å². The number of para-hydroxylation sites is 1. The number of sulfone groups is 1. The SMILES string of the molecule is CC1(C)C[C@](C)(O)CCCCCCOc2c(CN)cccc2NC(=O)c2nc(cnc2N)-c2ccc(cc2)S1(=O)=O. The van der Waals surface area contributed by atoms with Gasteiger partial charge in [0.15, 0.2) is 21.3 Å². The van der Waals surface area contributed by atoms with Gasteiger partial charge in [-0.1, -0.05) is 43.5 Å². The molecule has 1 amide bonds. The van der Waals surface area contributed by atoms with Gasteiger partial charge in [0.1, 0.15) is 5.75 Å². The number of anilines is 2. The normalized spacial score (nSPS) is 21.4. The highest BCUT2D eigenvalue weighted by atomic mass is 32.2. The Balaban J connectivity index is 1.73. The van der Waals surface area contributed by atoms with Crippen molar-refractivity contribution in [3.63, 3.8) is 0 Å². The molecule has 0 spiro atoms. The molecule has 1 atom stereocenters. The lowest BCUT2D eigenvalue weighted by Gasteiger charge is -2.33. The number of nitrogen functional groups attached to an aromatic ring is 1. The second-order valence-electron chi connectivity index (χ2n) is 11.4. The standard InChI is InChI=1S/C30H39N5O5S/c1-29(2)19-30(3,37)15-6-4-5-7-16-40-26-21(17-31)9-8-10-23(26)35-28(36)25-27(32)33-18-24(34-25)20-11-13-22(14-12-20)41(29,38)39/h8-14,18,37H,4-7,15-17,19,31H2,1-3H3,(H2,32,33)(H,35,36)/t30-/m1/s1. The van der Waals surface area contributed by atoms with Crippen LogP contribution in [0.2, 0.25) is 0 Å². The first-order chi connectivity index (χ1) is 19.3. The molecule has 0 fully saturated rings. The number of fused-ring (bicyclic) bond motifs is 13. The van der Waals surface area contributed by atoms with Crippen molar-refractivity contribution in [1.29, 1.82) is 0 Å². The maximum absolute atomic E-state index is 13.6. The number of amides is 1. The molecule has 220 valence electrons. The van der Waals surface area contributed by atoms with Gasteiger partial charge in [0.2, 0.25) is 0 Å². The van der Waals surface area contributed by atoms with Crippen molar-refractivity contribution >= 4 is 27.2 Å². The highest BCUT2D eigenvalue weighted by molar-refractivity contribution is 7.92. The van der Waals surface area contributed by atoms with Crippen LogP contribution in [0.4, 0.5) is 11.5 Å². The van der Waals surface area contributed by atoms with E-state index < -0.39 is 26.1 Å². The van der Waals surface area contributed by atoms with Crippen LogP contribution in [0.5, 0.6) is 5.75 Å². The zero-order valence-corrected chi connectivity index (χ0v) is 24.6. The summed E-state index contributed by atoms with van der Waals surface area (Å²) in [6.07, 6.45) is 5.21. The molecule has 0 saturated carbocycles.